The molecule has 0 bridgehead atoms. The molecule has 0 aliphatic carbocycles. The number of hydrogen-bond acceptors (Lipinski definition) is 4. The fourth-order valence-electron chi connectivity index (χ4n) is 2.83. The number of benzene rings is 2. The lowest BCUT2D eigenvalue weighted by Crippen LogP contribution is -2.15. The molecule has 0 aliphatic heterocycles. The van der Waals surface area contributed by atoms with Gasteiger partial charge in [0.25, 0.3) is 5.91 Å². The first-order valence-corrected chi connectivity index (χ1v) is 9.07. The Hall–Kier alpha value is -3.06. The lowest BCUT2D eigenvalue weighted by Gasteiger charge is -2.19. The second-order valence-corrected chi connectivity index (χ2v) is 7.60. The number of H-pyrrole nitrogens is 2. The molecule has 0 saturated carbocycles. The Bertz CT molecular complexity index is 1030. The van der Waals surface area contributed by atoms with Crippen molar-refractivity contribution < 1.29 is 14.3 Å². The number of carbonyl (C=O) groups is 1. The number of aromatic nitrogens is 2. The van der Waals surface area contributed by atoms with E-state index in [2.05, 4.69) is 36.1 Å². The van der Waals surface area contributed by atoms with Crippen LogP contribution >= 0.6 is 0 Å². The second-order valence-electron chi connectivity index (χ2n) is 7.60. The van der Waals surface area contributed by atoms with Crippen LogP contribution in [0.4, 0.5) is 5.69 Å². The number of amides is 1. The lowest BCUT2D eigenvalue weighted by molar-refractivity contribution is 0.102. The second kappa shape index (κ2) is 7.90. The number of fused-ring (bicyclic) bond motifs is 1. The van der Waals surface area contributed by atoms with Crippen LogP contribution in [-0.2, 0) is 10.2 Å². The van der Waals surface area contributed by atoms with E-state index in [1.54, 1.807) is 31.4 Å². The highest BCUT2D eigenvalue weighted by atomic mass is 16.5. The number of nitrogens with one attached hydrogen (secondary N) is 3. The molecule has 0 atom stereocenters. The molecule has 1 amide bonds. The molecule has 7 nitrogen and oxygen atoms in total. The highest BCUT2D eigenvalue weighted by molar-refractivity contribution is 6.06. The van der Waals surface area contributed by atoms with Crippen molar-refractivity contribution in [2.24, 2.45) is 0 Å². The third kappa shape index (κ3) is 4.43. The molecule has 1 aromatic heterocycles. The molecule has 0 fully saturated rings. The summed E-state index contributed by atoms with van der Waals surface area (Å²) >= 11 is 0. The van der Waals surface area contributed by atoms with Gasteiger partial charge in [0.15, 0.2) is 0 Å². The van der Waals surface area contributed by atoms with Crippen molar-refractivity contribution in [1.29, 1.82) is 0 Å². The molecule has 0 radical (unpaired) electrons. The van der Waals surface area contributed by atoms with Gasteiger partial charge in [-0.3, -0.25) is 4.79 Å². The normalized spacial score (nSPS) is 11.6. The topological polar surface area (TPSA) is 96.2 Å². The summed E-state index contributed by atoms with van der Waals surface area (Å²) in [5.41, 5.74) is 3.05. The van der Waals surface area contributed by atoms with Crippen LogP contribution in [-0.4, -0.2) is 36.2 Å². The van der Waals surface area contributed by atoms with Crippen LogP contribution in [0.1, 0.15) is 36.7 Å². The third-order valence-corrected chi connectivity index (χ3v) is 4.42. The van der Waals surface area contributed by atoms with E-state index in [0.29, 0.717) is 41.2 Å². The van der Waals surface area contributed by atoms with E-state index >= 15 is 0 Å². The molecule has 0 aliphatic rings. The van der Waals surface area contributed by atoms with Gasteiger partial charge in [-0.1, -0.05) is 32.9 Å². The summed E-state index contributed by atoms with van der Waals surface area (Å²) in [6, 6.07) is 10.9. The number of hydrogen-bond donors (Lipinski definition) is 3. The van der Waals surface area contributed by atoms with Crippen LogP contribution < -0.4 is 15.7 Å². The number of methoxy groups -OCH3 is 1. The average molecular weight is 383 g/mol. The minimum atomic E-state index is -0.320. The van der Waals surface area contributed by atoms with Crippen molar-refractivity contribution in [2.75, 3.05) is 25.6 Å². The van der Waals surface area contributed by atoms with Gasteiger partial charge in [-0.25, -0.2) is 4.79 Å². The zero-order valence-corrected chi connectivity index (χ0v) is 16.5. The molecular weight excluding hydrogens is 358 g/mol. The molecule has 1 heterocycles. The Morgan fingerprint density at radius 3 is 2.29 bits per heavy atom. The number of anilines is 1. The van der Waals surface area contributed by atoms with Gasteiger partial charge in [-0.15, -0.1) is 0 Å². The molecule has 3 aromatic rings. The van der Waals surface area contributed by atoms with Crippen LogP contribution in [0.25, 0.3) is 11.0 Å². The van der Waals surface area contributed by atoms with E-state index in [-0.39, 0.29) is 17.0 Å². The number of ether oxygens (including phenoxy) is 2. The van der Waals surface area contributed by atoms with Gasteiger partial charge in [-0.05, 0) is 29.2 Å². The highest BCUT2D eigenvalue weighted by Crippen LogP contribution is 2.29. The van der Waals surface area contributed by atoms with Crippen molar-refractivity contribution in [2.45, 2.75) is 26.2 Å². The number of rotatable bonds is 6. The Balaban J connectivity index is 1.87. The van der Waals surface area contributed by atoms with Crippen LogP contribution in [0, 0.1) is 0 Å². The van der Waals surface area contributed by atoms with Crippen molar-refractivity contribution >= 4 is 22.6 Å². The van der Waals surface area contributed by atoms with E-state index in [1.165, 1.54) is 0 Å². The summed E-state index contributed by atoms with van der Waals surface area (Å²) in [5, 5.41) is 2.87. The van der Waals surface area contributed by atoms with Gasteiger partial charge < -0.3 is 24.8 Å². The van der Waals surface area contributed by atoms with E-state index in [1.807, 2.05) is 12.1 Å². The summed E-state index contributed by atoms with van der Waals surface area (Å²) < 4.78 is 10.7. The fraction of sp³-hybridized carbons (Fsp3) is 0.333. The van der Waals surface area contributed by atoms with Crippen molar-refractivity contribution in [3.05, 3.63) is 58.0 Å². The Morgan fingerprint density at radius 1 is 1.04 bits per heavy atom. The van der Waals surface area contributed by atoms with Gasteiger partial charge >= 0.3 is 5.69 Å². The monoisotopic (exact) mass is 383 g/mol. The molecule has 28 heavy (non-hydrogen) atoms. The lowest BCUT2D eigenvalue weighted by atomic mass is 9.87. The minimum Gasteiger partial charge on any atom is -0.489 e. The molecule has 0 unspecified atom stereocenters. The molecule has 3 rings (SSSR count). The molecule has 2 aromatic carbocycles. The fourth-order valence-corrected chi connectivity index (χ4v) is 2.83. The molecule has 7 heteroatoms. The first-order chi connectivity index (χ1) is 13.3. The van der Waals surface area contributed by atoms with Gasteiger partial charge in [0, 0.05) is 18.7 Å². The third-order valence-electron chi connectivity index (χ3n) is 4.42. The summed E-state index contributed by atoms with van der Waals surface area (Å²) in [6.45, 7) is 7.10. The van der Waals surface area contributed by atoms with E-state index < -0.39 is 0 Å². The Kier molecular flexibility index (Phi) is 5.56. The van der Waals surface area contributed by atoms with E-state index in [9.17, 15) is 9.59 Å². The first kappa shape index (κ1) is 19.7. The summed E-state index contributed by atoms with van der Waals surface area (Å²) in [7, 11) is 1.58. The average Bonchev–Trinajstić information content (AvgIpc) is 3.00. The summed E-state index contributed by atoms with van der Waals surface area (Å²) in [4.78, 5) is 29.7. The zero-order valence-electron chi connectivity index (χ0n) is 16.5. The highest BCUT2D eigenvalue weighted by Gasteiger charge is 2.16. The zero-order chi connectivity index (χ0) is 20.3. The Labute approximate surface area is 163 Å². The van der Waals surface area contributed by atoms with Gasteiger partial charge in [-0.2, -0.15) is 0 Å². The first-order valence-electron chi connectivity index (χ1n) is 9.07. The van der Waals surface area contributed by atoms with Crippen LogP contribution in [0.3, 0.4) is 0 Å². The Morgan fingerprint density at radius 2 is 1.68 bits per heavy atom. The maximum absolute atomic E-state index is 12.7. The number of carbonyl (C=O) groups excluding carboxylic acids is 1. The maximum atomic E-state index is 12.7. The minimum absolute atomic E-state index is 0.0164. The van der Waals surface area contributed by atoms with Crippen LogP contribution in [0.2, 0.25) is 0 Å². The quantitative estimate of drug-likeness (QED) is 0.568. The number of imidazole rings is 1. The largest absolute Gasteiger partial charge is 0.489 e. The molecule has 0 saturated heterocycles. The van der Waals surface area contributed by atoms with Crippen molar-refractivity contribution in [3.8, 4) is 5.75 Å². The summed E-state index contributed by atoms with van der Waals surface area (Å²) in [5.74, 6) is 0.203. The van der Waals surface area contributed by atoms with Crippen LogP contribution in [0.5, 0.6) is 5.75 Å². The standard InChI is InChI=1S/C21H25N3O4/c1-21(2,3)14-7-5-13(6-8-14)19(25)22-17-11-15-16(24-20(26)23-15)12-18(17)28-10-9-27-4/h5-8,11-12H,9-10H2,1-4H3,(H,22,25)(H2,23,24,26). The van der Waals surface area contributed by atoms with Gasteiger partial charge in [0.1, 0.15) is 12.4 Å². The smallest absolute Gasteiger partial charge is 0.323 e. The molecule has 3 N–H and O–H groups in total. The molecular formula is C21H25N3O4. The van der Waals surface area contributed by atoms with E-state index in [0.717, 1.165) is 5.56 Å². The predicted octanol–water partition coefficient (Wildman–Crippen LogP) is 3.43. The predicted molar refractivity (Wildman–Crippen MR) is 109 cm³/mol. The van der Waals surface area contributed by atoms with Crippen LogP contribution in [0.15, 0.2) is 41.2 Å². The van der Waals surface area contributed by atoms with Crippen molar-refractivity contribution in [3.63, 3.8) is 0 Å². The van der Waals surface area contributed by atoms with E-state index in [4.69, 9.17) is 9.47 Å². The maximum Gasteiger partial charge on any atom is 0.323 e. The van der Waals surface area contributed by atoms with Gasteiger partial charge in [0.05, 0.1) is 23.3 Å². The molecule has 148 valence electrons. The molecule has 0 spiro atoms. The SMILES string of the molecule is COCCOc1cc2[nH]c(=O)[nH]c2cc1NC(=O)c1ccc(C(C)(C)C)cc1. The number of aromatic amines is 2. The summed E-state index contributed by atoms with van der Waals surface area (Å²) in [6.07, 6.45) is 0. The van der Waals surface area contributed by atoms with Gasteiger partial charge in [0.2, 0.25) is 0 Å². The van der Waals surface area contributed by atoms with Crippen molar-refractivity contribution in [1.82, 2.24) is 9.97 Å².